The molecule has 2 aromatic rings. The van der Waals surface area contributed by atoms with Crippen LogP contribution in [-0.4, -0.2) is 19.7 Å². The largest absolute Gasteiger partial charge is 0.270 e. The molecular formula is C11H15BrN6. The normalized spacial score (nSPS) is 12.9. The monoisotopic (exact) mass is 310 g/mol. The number of nitrogens with zero attached hydrogens (tertiary/aromatic N) is 4. The SMILES string of the molecule is CC(C)n1ncc(Br)c1C(NN)c1cnccn1. The van der Waals surface area contributed by atoms with E-state index in [0.717, 1.165) is 15.9 Å². The number of nitrogens with one attached hydrogen (secondary N) is 1. The highest BCUT2D eigenvalue weighted by molar-refractivity contribution is 9.10. The predicted molar refractivity (Wildman–Crippen MR) is 71.5 cm³/mol. The number of rotatable bonds is 4. The molecule has 6 nitrogen and oxygen atoms in total. The van der Waals surface area contributed by atoms with E-state index in [0.29, 0.717) is 0 Å². The van der Waals surface area contributed by atoms with E-state index in [2.05, 4.69) is 50.3 Å². The lowest BCUT2D eigenvalue weighted by atomic mass is 10.1. The Kier molecular flexibility index (Phi) is 4.05. The lowest BCUT2D eigenvalue weighted by Crippen LogP contribution is -2.32. The smallest absolute Gasteiger partial charge is 0.108 e. The number of hydrogen-bond acceptors (Lipinski definition) is 5. The summed E-state index contributed by atoms with van der Waals surface area (Å²) < 4.78 is 2.80. The van der Waals surface area contributed by atoms with Gasteiger partial charge in [0.25, 0.3) is 0 Å². The third-order valence-corrected chi connectivity index (χ3v) is 3.21. The van der Waals surface area contributed by atoms with E-state index >= 15 is 0 Å². The first-order chi connectivity index (χ1) is 8.65. The van der Waals surface area contributed by atoms with Crippen molar-refractivity contribution in [2.75, 3.05) is 0 Å². The molecule has 0 fully saturated rings. The molecule has 0 saturated carbocycles. The van der Waals surface area contributed by atoms with Gasteiger partial charge in [0.15, 0.2) is 0 Å². The van der Waals surface area contributed by atoms with Crippen LogP contribution >= 0.6 is 15.9 Å². The van der Waals surface area contributed by atoms with Gasteiger partial charge in [-0.1, -0.05) is 0 Å². The van der Waals surface area contributed by atoms with Crippen LogP contribution in [0.3, 0.4) is 0 Å². The van der Waals surface area contributed by atoms with Crippen molar-refractivity contribution in [3.63, 3.8) is 0 Å². The zero-order valence-corrected chi connectivity index (χ0v) is 11.8. The minimum Gasteiger partial charge on any atom is -0.270 e. The molecule has 0 amide bonds. The standard InChI is InChI=1S/C11H15BrN6/c1-7(2)18-11(8(12)5-16-18)10(17-13)9-6-14-3-4-15-9/h3-7,10,17H,13H2,1-2H3. The van der Waals surface area contributed by atoms with Crippen LogP contribution in [0.15, 0.2) is 29.3 Å². The second-order valence-electron chi connectivity index (χ2n) is 4.15. The Balaban J connectivity index is 2.48. The van der Waals surface area contributed by atoms with E-state index in [1.165, 1.54) is 0 Å². The molecule has 0 aromatic carbocycles. The molecule has 0 bridgehead atoms. The van der Waals surface area contributed by atoms with Crippen LogP contribution in [0.4, 0.5) is 0 Å². The molecule has 0 saturated heterocycles. The van der Waals surface area contributed by atoms with Gasteiger partial charge in [0.05, 0.1) is 28.3 Å². The molecule has 18 heavy (non-hydrogen) atoms. The maximum absolute atomic E-state index is 5.65. The Bertz CT molecular complexity index is 510. The fourth-order valence-electron chi connectivity index (χ4n) is 1.80. The highest BCUT2D eigenvalue weighted by atomic mass is 79.9. The van der Waals surface area contributed by atoms with Crippen LogP contribution in [-0.2, 0) is 0 Å². The highest BCUT2D eigenvalue weighted by Crippen LogP contribution is 2.28. The third kappa shape index (κ3) is 2.43. The van der Waals surface area contributed by atoms with Crippen LogP contribution in [0, 0.1) is 0 Å². The topological polar surface area (TPSA) is 81.7 Å². The summed E-state index contributed by atoms with van der Waals surface area (Å²) in [5.74, 6) is 5.65. The Morgan fingerprint density at radius 3 is 2.67 bits per heavy atom. The number of nitrogens with two attached hydrogens (primary N) is 1. The zero-order chi connectivity index (χ0) is 13.1. The van der Waals surface area contributed by atoms with Gasteiger partial charge in [-0.15, -0.1) is 0 Å². The molecule has 1 unspecified atom stereocenters. The van der Waals surface area contributed by atoms with Gasteiger partial charge >= 0.3 is 0 Å². The fourth-order valence-corrected chi connectivity index (χ4v) is 2.30. The molecule has 0 radical (unpaired) electrons. The van der Waals surface area contributed by atoms with E-state index in [9.17, 15) is 0 Å². The van der Waals surface area contributed by atoms with E-state index < -0.39 is 0 Å². The van der Waals surface area contributed by atoms with Crippen molar-refractivity contribution in [1.82, 2.24) is 25.2 Å². The molecule has 0 spiro atoms. The minimum atomic E-state index is -0.252. The van der Waals surface area contributed by atoms with Crippen LogP contribution in [0.25, 0.3) is 0 Å². The summed E-state index contributed by atoms with van der Waals surface area (Å²) in [6.45, 7) is 4.13. The summed E-state index contributed by atoms with van der Waals surface area (Å²) in [4.78, 5) is 8.35. The number of aromatic nitrogens is 4. The van der Waals surface area contributed by atoms with Crippen molar-refractivity contribution in [2.24, 2.45) is 5.84 Å². The molecule has 0 aliphatic heterocycles. The quantitative estimate of drug-likeness (QED) is 0.661. The van der Waals surface area contributed by atoms with E-state index in [1.54, 1.807) is 24.8 Å². The van der Waals surface area contributed by atoms with Crippen molar-refractivity contribution in [2.45, 2.75) is 25.9 Å². The molecule has 2 aromatic heterocycles. The number of hydrazine groups is 1. The molecule has 0 aliphatic rings. The predicted octanol–water partition coefficient (Wildman–Crippen LogP) is 1.57. The summed E-state index contributed by atoms with van der Waals surface area (Å²) in [6, 6.07) is -0.0169. The van der Waals surface area contributed by atoms with Crippen molar-refractivity contribution < 1.29 is 0 Å². The maximum atomic E-state index is 5.65. The van der Waals surface area contributed by atoms with Gasteiger partial charge in [0.2, 0.25) is 0 Å². The number of hydrogen-bond donors (Lipinski definition) is 2. The van der Waals surface area contributed by atoms with Crippen molar-refractivity contribution in [3.05, 3.63) is 40.6 Å². The molecule has 96 valence electrons. The zero-order valence-electron chi connectivity index (χ0n) is 10.2. The second kappa shape index (κ2) is 5.55. The van der Waals surface area contributed by atoms with Crippen molar-refractivity contribution in [3.8, 4) is 0 Å². The van der Waals surface area contributed by atoms with Crippen LogP contribution in [0.5, 0.6) is 0 Å². The Labute approximate surface area is 114 Å². The van der Waals surface area contributed by atoms with Crippen LogP contribution < -0.4 is 11.3 Å². The van der Waals surface area contributed by atoms with Gasteiger partial charge in [-0.3, -0.25) is 20.5 Å². The first-order valence-electron chi connectivity index (χ1n) is 5.60. The molecular weight excluding hydrogens is 296 g/mol. The summed E-state index contributed by atoms with van der Waals surface area (Å²) in [7, 11) is 0. The highest BCUT2D eigenvalue weighted by Gasteiger charge is 2.23. The molecule has 2 rings (SSSR count). The lowest BCUT2D eigenvalue weighted by molar-refractivity contribution is 0.471. The lowest BCUT2D eigenvalue weighted by Gasteiger charge is -2.19. The van der Waals surface area contributed by atoms with Gasteiger partial charge in [-0.05, 0) is 29.8 Å². The summed E-state index contributed by atoms with van der Waals surface area (Å²) in [6.07, 6.45) is 6.72. The van der Waals surface area contributed by atoms with Gasteiger partial charge in [0, 0.05) is 18.4 Å². The third-order valence-electron chi connectivity index (χ3n) is 2.60. The Morgan fingerprint density at radius 2 is 2.11 bits per heavy atom. The molecule has 3 N–H and O–H groups in total. The average molecular weight is 311 g/mol. The Hall–Kier alpha value is -1.31. The maximum Gasteiger partial charge on any atom is 0.108 e. The molecule has 0 aliphatic carbocycles. The van der Waals surface area contributed by atoms with E-state index in [1.807, 2.05) is 4.68 Å². The van der Waals surface area contributed by atoms with Gasteiger partial charge in [-0.25, -0.2) is 5.43 Å². The first kappa shape index (κ1) is 13.1. The average Bonchev–Trinajstić information content (AvgIpc) is 2.74. The van der Waals surface area contributed by atoms with E-state index in [-0.39, 0.29) is 12.1 Å². The second-order valence-corrected chi connectivity index (χ2v) is 5.00. The fraction of sp³-hybridized carbons (Fsp3) is 0.364. The first-order valence-corrected chi connectivity index (χ1v) is 6.39. The molecule has 1 atom stereocenters. The van der Waals surface area contributed by atoms with Crippen LogP contribution in [0.1, 0.15) is 37.3 Å². The minimum absolute atomic E-state index is 0.235. The summed E-state index contributed by atoms with van der Waals surface area (Å²) in [5.41, 5.74) is 4.45. The molecule has 7 heteroatoms. The number of halogens is 1. The Morgan fingerprint density at radius 1 is 1.33 bits per heavy atom. The van der Waals surface area contributed by atoms with Gasteiger partial charge in [0.1, 0.15) is 6.04 Å². The van der Waals surface area contributed by atoms with Crippen molar-refractivity contribution >= 4 is 15.9 Å². The van der Waals surface area contributed by atoms with Gasteiger partial charge < -0.3 is 0 Å². The van der Waals surface area contributed by atoms with E-state index in [4.69, 9.17) is 5.84 Å². The van der Waals surface area contributed by atoms with Crippen molar-refractivity contribution in [1.29, 1.82) is 0 Å². The summed E-state index contributed by atoms with van der Waals surface area (Å²) >= 11 is 3.50. The van der Waals surface area contributed by atoms with Crippen LogP contribution in [0.2, 0.25) is 0 Å². The summed E-state index contributed by atoms with van der Waals surface area (Å²) in [5, 5.41) is 4.34. The molecule has 2 heterocycles. The van der Waals surface area contributed by atoms with Gasteiger partial charge in [-0.2, -0.15) is 5.10 Å².